The molecular formula is C14H23NO4S2. The Morgan fingerprint density at radius 2 is 1.86 bits per heavy atom. The van der Waals surface area contributed by atoms with Crippen molar-refractivity contribution >= 4 is 27.3 Å². The lowest BCUT2D eigenvalue weighted by Gasteiger charge is -2.06. The molecule has 0 aliphatic rings. The first-order valence-electron chi connectivity index (χ1n) is 7.22. The highest BCUT2D eigenvalue weighted by Gasteiger charge is 2.21. The van der Waals surface area contributed by atoms with E-state index in [1.54, 1.807) is 6.92 Å². The van der Waals surface area contributed by atoms with Crippen LogP contribution in [0.3, 0.4) is 0 Å². The van der Waals surface area contributed by atoms with Crippen molar-refractivity contribution in [1.29, 1.82) is 0 Å². The molecule has 0 aliphatic heterocycles. The zero-order chi connectivity index (χ0) is 15.9. The molecule has 0 saturated heterocycles. The van der Waals surface area contributed by atoms with Crippen LogP contribution in [0.1, 0.15) is 60.0 Å². The van der Waals surface area contributed by atoms with E-state index in [2.05, 4.69) is 11.6 Å². The van der Waals surface area contributed by atoms with Gasteiger partial charge in [-0.15, -0.1) is 11.3 Å². The highest BCUT2D eigenvalue weighted by Crippen LogP contribution is 2.25. The zero-order valence-corrected chi connectivity index (χ0v) is 14.1. The van der Waals surface area contributed by atoms with E-state index < -0.39 is 16.0 Å². The third kappa shape index (κ3) is 5.76. The molecule has 120 valence electrons. The van der Waals surface area contributed by atoms with Gasteiger partial charge in [0.1, 0.15) is 4.88 Å². The lowest BCUT2D eigenvalue weighted by Crippen LogP contribution is -2.25. The molecule has 0 unspecified atom stereocenters. The molecule has 21 heavy (non-hydrogen) atoms. The van der Waals surface area contributed by atoms with Crippen molar-refractivity contribution in [1.82, 2.24) is 4.72 Å². The fourth-order valence-electron chi connectivity index (χ4n) is 2.03. The summed E-state index contributed by atoms with van der Waals surface area (Å²) in [5.41, 5.74) is 0. The largest absolute Gasteiger partial charge is 0.477 e. The summed E-state index contributed by atoms with van der Waals surface area (Å²) in [4.78, 5) is 11.5. The molecule has 7 heteroatoms. The minimum Gasteiger partial charge on any atom is -0.477 e. The van der Waals surface area contributed by atoms with E-state index in [1.807, 2.05) is 0 Å². The van der Waals surface area contributed by atoms with Crippen LogP contribution in [-0.4, -0.2) is 26.0 Å². The topological polar surface area (TPSA) is 83.5 Å². The molecule has 0 spiro atoms. The van der Waals surface area contributed by atoms with Crippen LogP contribution in [0.15, 0.2) is 11.0 Å². The number of unbranched alkanes of at least 4 members (excludes halogenated alkanes) is 5. The van der Waals surface area contributed by atoms with E-state index in [-0.39, 0.29) is 9.77 Å². The Bertz CT molecular complexity index is 564. The molecule has 0 radical (unpaired) electrons. The highest BCUT2D eigenvalue weighted by molar-refractivity contribution is 7.89. The summed E-state index contributed by atoms with van der Waals surface area (Å²) in [7, 11) is -3.60. The van der Waals surface area contributed by atoms with Gasteiger partial charge in [0.2, 0.25) is 10.0 Å². The molecule has 0 amide bonds. The number of hydrogen-bond acceptors (Lipinski definition) is 4. The van der Waals surface area contributed by atoms with E-state index in [0.717, 1.165) is 30.6 Å². The molecule has 1 heterocycles. The smallest absolute Gasteiger partial charge is 0.345 e. The molecule has 0 aliphatic carbocycles. The van der Waals surface area contributed by atoms with E-state index in [1.165, 1.54) is 25.3 Å². The summed E-state index contributed by atoms with van der Waals surface area (Å²) in [6.07, 6.45) is 6.53. The average Bonchev–Trinajstić information content (AvgIpc) is 2.81. The second-order valence-electron chi connectivity index (χ2n) is 5.00. The van der Waals surface area contributed by atoms with Crippen LogP contribution < -0.4 is 4.72 Å². The van der Waals surface area contributed by atoms with E-state index in [0.29, 0.717) is 11.4 Å². The van der Waals surface area contributed by atoms with Crippen LogP contribution in [0.5, 0.6) is 0 Å². The second-order valence-corrected chi connectivity index (χ2v) is 7.99. The third-order valence-corrected chi connectivity index (χ3v) is 5.95. The van der Waals surface area contributed by atoms with Gasteiger partial charge in [0, 0.05) is 11.4 Å². The monoisotopic (exact) mass is 333 g/mol. The van der Waals surface area contributed by atoms with Crippen molar-refractivity contribution in [3.05, 3.63) is 15.8 Å². The van der Waals surface area contributed by atoms with Crippen LogP contribution in [0.25, 0.3) is 0 Å². The first kappa shape index (κ1) is 18.1. The van der Waals surface area contributed by atoms with Crippen molar-refractivity contribution < 1.29 is 18.3 Å². The number of thiophene rings is 1. The Morgan fingerprint density at radius 3 is 2.43 bits per heavy atom. The summed E-state index contributed by atoms with van der Waals surface area (Å²) >= 11 is 0.983. The van der Waals surface area contributed by atoms with Crippen molar-refractivity contribution in [3.63, 3.8) is 0 Å². The second kappa shape index (κ2) is 8.51. The number of carboxylic acid groups (broad SMARTS) is 1. The molecule has 0 atom stereocenters. The molecule has 1 aromatic heterocycles. The van der Waals surface area contributed by atoms with E-state index >= 15 is 0 Å². The molecule has 2 N–H and O–H groups in total. The summed E-state index contributed by atoms with van der Waals surface area (Å²) in [5.74, 6) is -1.10. The third-order valence-electron chi connectivity index (χ3n) is 3.19. The highest BCUT2D eigenvalue weighted by atomic mass is 32.2. The predicted molar refractivity (Wildman–Crippen MR) is 84.6 cm³/mol. The minimum absolute atomic E-state index is 0.0486. The average molecular weight is 333 g/mol. The molecule has 0 fully saturated rings. The van der Waals surface area contributed by atoms with E-state index in [9.17, 15) is 13.2 Å². The summed E-state index contributed by atoms with van der Waals surface area (Å²) in [6.45, 7) is 4.17. The van der Waals surface area contributed by atoms with Crippen LogP contribution in [0.2, 0.25) is 0 Å². The number of aromatic carboxylic acids is 1. The Morgan fingerprint density at radius 1 is 1.24 bits per heavy atom. The van der Waals surface area contributed by atoms with Gasteiger partial charge in [0.15, 0.2) is 0 Å². The van der Waals surface area contributed by atoms with Crippen molar-refractivity contribution in [2.45, 2.75) is 57.3 Å². The molecule has 1 aromatic rings. The number of sulfonamides is 1. The van der Waals surface area contributed by atoms with Gasteiger partial charge < -0.3 is 5.11 Å². The SMILES string of the molecule is CCCCCCCCNS(=O)(=O)c1cc(C(=O)O)sc1C. The van der Waals surface area contributed by atoms with Gasteiger partial charge in [0.25, 0.3) is 0 Å². The fourth-order valence-corrected chi connectivity index (χ4v) is 4.53. The van der Waals surface area contributed by atoms with Gasteiger partial charge in [-0.05, 0) is 19.4 Å². The first-order valence-corrected chi connectivity index (χ1v) is 9.52. The van der Waals surface area contributed by atoms with Crippen molar-refractivity contribution in [2.75, 3.05) is 6.54 Å². The Kier molecular flexibility index (Phi) is 7.34. The lowest BCUT2D eigenvalue weighted by atomic mass is 10.1. The normalized spacial score (nSPS) is 11.7. The van der Waals surface area contributed by atoms with Gasteiger partial charge >= 0.3 is 5.97 Å². The van der Waals surface area contributed by atoms with Gasteiger partial charge in [-0.25, -0.2) is 17.9 Å². The van der Waals surface area contributed by atoms with Crippen LogP contribution >= 0.6 is 11.3 Å². The summed E-state index contributed by atoms with van der Waals surface area (Å²) < 4.78 is 26.8. The number of carbonyl (C=O) groups is 1. The maximum atomic E-state index is 12.1. The molecular weight excluding hydrogens is 310 g/mol. The fraction of sp³-hybridized carbons (Fsp3) is 0.643. The summed E-state index contributed by atoms with van der Waals surface area (Å²) in [5, 5.41) is 8.90. The molecule has 1 rings (SSSR count). The number of nitrogens with one attached hydrogen (secondary N) is 1. The molecule has 0 saturated carbocycles. The Balaban J connectivity index is 2.48. The first-order chi connectivity index (χ1) is 9.88. The van der Waals surface area contributed by atoms with Gasteiger partial charge in [0.05, 0.1) is 4.90 Å². The van der Waals surface area contributed by atoms with Crippen LogP contribution in [0.4, 0.5) is 0 Å². The Hall–Kier alpha value is -0.920. The number of hydrogen-bond donors (Lipinski definition) is 2. The van der Waals surface area contributed by atoms with Crippen molar-refractivity contribution in [3.8, 4) is 0 Å². The maximum Gasteiger partial charge on any atom is 0.345 e. The van der Waals surface area contributed by atoms with Crippen molar-refractivity contribution in [2.24, 2.45) is 0 Å². The number of rotatable bonds is 10. The quantitative estimate of drug-likeness (QED) is 0.643. The lowest BCUT2D eigenvalue weighted by molar-refractivity contribution is 0.0702. The molecule has 5 nitrogen and oxygen atoms in total. The predicted octanol–water partition coefficient (Wildman–Crippen LogP) is 3.39. The maximum absolute atomic E-state index is 12.1. The van der Waals surface area contributed by atoms with Gasteiger partial charge in [-0.3, -0.25) is 0 Å². The van der Waals surface area contributed by atoms with Crippen LogP contribution in [-0.2, 0) is 10.0 Å². The number of aryl methyl sites for hydroxylation is 1. The number of carboxylic acids is 1. The van der Waals surface area contributed by atoms with Gasteiger partial charge in [-0.2, -0.15) is 0 Å². The minimum atomic E-state index is -3.60. The Labute approximate surface area is 130 Å². The molecule has 0 aromatic carbocycles. The summed E-state index contributed by atoms with van der Waals surface area (Å²) in [6, 6.07) is 1.23. The zero-order valence-electron chi connectivity index (χ0n) is 12.5. The standard InChI is InChI=1S/C14H23NO4S2/c1-3-4-5-6-7-8-9-15-21(18,19)13-10-12(14(16)17)20-11(13)2/h10,15H,3-9H2,1-2H3,(H,16,17). The van der Waals surface area contributed by atoms with E-state index in [4.69, 9.17) is 5.11 Å². The van der Waals surface area contributed by atoms with Crippen LogP contribution in [0, 0.1) is 6.92 Å². The van der Waals surface area contributed by atoms with Gasteiger partial charge in [-0.1, -0.05) is 39.0 Å². The molecule has 0 bridgehead atoms.